The Morgan fingerprint density at radius 3 is 2.50 bits per heavy atom. The number of methoxy groups -OCH3 is 1. The highest BCUT2D eigenvalue weighted by Gasteiger charge is 2.55. The number of ether oxygens (including phenoxy) is 1. The Kier molecular flexibility index (Phi) is 3.08. The largest absolute Gasteiger partial charge is 0.496 e. The molecule has 1 saturated carbocycles. The van der Waals surface area contributed by atoms with Crippen LogP contribution in [0.1, 0.15) is 18.4 Å². The first-order valence-electron chi connectivity index (χ1n) is 6.74. The molecular weight excluding hydrogens is 278 g/mol. The van der Waals surface area contributed by atoms with Crippen LogP contribution < -0.4 is 4.74 Å². The van der Waals surface area contributed by atoms with Crippen LogP contribution in [0.4, 0.5) is 0 Å². The van der Waals surface area contributed by atoms with Crippen LogP contribution >= 0.6 is 0 Å². The average Bonchev–Trinajstić information content (AvgIpc) is 3.19. The summed E-state index contributed by atoms with van der Waals surface area (Å²) in [5.74, 6) is 0.952. The summed E-state index contributed by atoms with van der Waals surface area (Å²) in [5, 5.41) is 10.2. The molecule has 0 atom stereocenters. The first-order valence-corrected chi connectivity index (χ1v) is 8.18. The number of nitrogens with zero attached hydrogens (tertiary/aromatic N) is 1. The van der Waals surface area contributed by atoms with Crippen molar-refractivity contribution in [1.82, 2.24) is 4.31 Å². The van der Waals surface area contributed by atoms with Crippen LogP contribution in [0.2, 0.25) is 0 Å². The van der Waals surface area contributed by atoms with Crippen molar-refractivity contribution in [3.63, 3.8) is 0 Å². The Bertz CT molecular complexity index is 631. The van der Waals surface area contributed by atoms with Gasteiger partial charge in [-0.15, -0.1) is 0 Å². The van der Waals surface area contributed by atoms with Crippen LogP contribution in [0.3, 0.4) is 0 Å². The van der Waals surface area contributed by atoms with Crippen LogP contribution in [-0.4, -0.2) is 43.6 Å². The third-order valence-corrected chi connectivity index (χ3v) is 6.03. The zero-order valence-corrected chi connectivity index (χ0v) is 12.5. The summed E-state index contributed by atoms with van der Waals surface area (Å²) in [5.41, 5.74) is -0.0132. The molecule has 6 heteroatoms. The van der Waals surface area contributed by atoms with E-state index in [1.54, 1.807) is 25.3 Å². The van der Waals surface area contributed by atoms with Gasteiger partial charge in [0.25, 0.3) is 0 Å². The molecular formula is C14H19NO4S. The summed E-state index contributed by atoms with van der Waals surface area (Å²) in [6, 6.07) is 4.83. The summed E-state index contributed by atoms with van der Waals surface area (Å²) in [4.78, 5) is 0.258. The monoisotopic (exact) mass is 297 g/mol. The van der Waals surface area contributed by atoms with Gasteiger partial charge in [0.2, 0.25) is 10.0 Å². The van der Waals surface area contributed by atoms with Gasteiger partial charge >= 0.3 is 0 Å². The summed E-state index contributed by atoms with van der Waals surface area (Å²) in [6.45, 7) is 2.24. The number of aliphatic hydroxyl groups is 1. The lowest BCUT2D eigenvalue weighted by molar-refractivity contribution is -0.0764. The number of aryl methyl sites for hydroxylation is 1. The van der Waals surface area contributed by atoms with Crippen LogP contribution in [0.25, 0.3) is 0 Å². The third kappa shape index (κ3) is 2.12. The highest BCUT2D eigenvalue weighted by atomic mass is 32.2. The molecule has 1 saturated heterocycles. The molecule has 1 aromatic rings. The van der Waals surface area contributed by atoms with E-state index in [1.807, 2.05) is 6.92 Å². The van der Waals surface area contributed by atoms with Gasteiger partial charge in [-0.3, -0.25) is 0 Å². The fourth-order valence-corrected chi connectivity index (χ4v) is 4.42. The van der Waals surface area contributed by atoms with Gasteiger partial charge in [-0.25, -0.2) is 8.42 Å². The third-order valence-electron chi connectivity index (χ3n) is 4.24. The summed E-state index contributed by atoms with van der Waals surface area (Å²) >= 11 is 0. The first kappa shape index (κ1) is 13.9. The van der Waals surface area contributed by atoms with Crippen molar-refractivity contribution in [3.8, 4) is 5.75 Å². The Morgan fingerprint density at radius 1 is 1.35 bits per heavy atom. The number of hydrogen-bond donors (Lipinski definition) is 1. The van der Waals surface area contributed by atoms with Gasteiger partial charge in [-0.1, -0.05) is 0 Å². The standard InChI is InChI=1S/C14H19NO4S/c1-10-7-12(5-6-13(10)19-2)20(17,18)15-8-14(16,9-15)11-3-4-11/h5-7,11,16H,3-4,8-9H2,1-2H3. The maximum absolute atomic E-state index is 12.5. The van der Waals surface area contributed by atoms with Crippen molar-refractivity contribution in [3.05, 3.63) is 23.8 Å². The van der Waals surface area contributed by atoms with Gasteiger partial charge in [0.05, 0.1) is 17.6 Å². The van der Waals surface area contributed by atoms with E-state index in [4.69, 9.17) is 4.74 Å². The van der Waals surface area contributed by atoms with Gasteiger partial charge in [-0.05, 0) is 49.4 Å². The second-order valence-corrected chi connectivity index (χ2v) is 7.72. The normalized spacial score (nSPS) is 22.4. The van der Waals surface area contributed by atoms with Crippen molar-refractivity contribution in [1.29, 1.82) is 0 Å². The van der Waals surface area contributed by atoms with E-state index in [0.717, 1.165) is 18.4 Å². The number of rotatable bonds is 4. The Balaban J connectivity index is 1.81. The summed E-state index contributed by atoms with van der Waals surface area (Å²) in [7, 11) is -1.95. The number of hydrogen-bond acceptors (Lipinski definition) is 4. The molecule has 20 heavy (non-hydrogen) atoms. The van der Waals surface area contributed by atoms with Gasteiger partial charge in [0.1, 0.15) is 5.75 Å². The van der Waals surface area contributed by atoms with E-state index in [9.17, 15) is 13.5 Å². The molecule has 1 N–H and O–H groups in total. The predicted molar refractivity (Wildman–Crippen MR) is 74.2 cm³/mol. The SMILES string of the molecule is COc1ccc(S(=O)(=O)N2CC(O)(C3CC3)C2)cc1C. The highest BCUT2D eigenvalue weighted by molar-refractivity contribution is 7.89. The van der Waals surface area contributed by atoms with E-state index in [-0.39, 0.29) is 23.9 Å². The van der Waals surface area contributed by atoms with Crippen molar-refractivity contribution in [2.45, 2.75) is 30.3 Å². The quantitative estimate of drug-likeness (QED) is 0.905. The Morgan fingerprint density at radius 2 is 2.00 bits per heavy atom. The maximum Gasteiger partial charge on any atom is 0.243 e. The van der Waals surface area contributed by atoms with Gasteiger partial charge < -0.3 is 9.84 Å². The van der Waals surface area contributed by atoms with Crippen molar-refractivity contribution >= 4 is 10.0 Å². The lowest BCUT2D eigenvalue weighted by Gasteiger charge is -2.45. The van der Waals surface area contributed by atoms with Gasteiger partial charge in [0.15, 0.2) is 0 Å². The molecule has 0 spiro atoms. The molecule has 3 rings (SSSR count). The van der Waals surface area contributed by atoms with E-state index >= 15 is 0 Å². The summed E-state index contributed by atoms with van der Waals surface area (Å²) in [6.07, 6.45) is 2.01. The van der Waals surface area contributed by atoms with Crippen LogP contribution in [0.5, 0.6) is 5.75 Å². The second-order valence-electron chi connectivity index (χ2n) is 5.78. The molecule has 2 fully saturated rings. The molecule has 0 amide bonds. The molecule has 0 aromatic heterocycles. The molecule has 0 bridgehead atoms. The molecule has 0 unspecified atom stereocenters. The number of benzene rings is 1. The predicted octanol–water partition coefficient (Wildman–Crippen LogP) is 1.15. The van der Waals surface area contributed by atoms with Crippen LogP contribution in [-0.2, 0) is 10.0 Å². The van der Waals surface area contributed by atoms with E-state index in [2.05, 4.69) is 0 Å². The lowest BCUT2D eigenvalue weighted by atomic mass is 9.91. The van der Waals surface area contributed by atoms with E-state index in [0.29, 0.717) is 5.75 Å². The van der Waals surface area contributed by atoms with E-state index in [1.165, 1.54) is 4.31 Å². The van der Waals surface area contributed by atoms with Crippen molar-refractivity contribution in [2.75, 3.05) is 20.2 Å². The molecule has 5 nitrogen and oxygen atoms in total. The lowest BCUT2D eigenvalue weighted by Crippen LogP contribution is -2.64. The van der Waals surface area contributed by atoms with E-state index < -0.39 is 15.6 Å². The number of sulfonamides is 1. The molecule has 1 heterocycles. The number of β-amino-alcohol motifs (C(OH)–C–C–N with tert-alkyl or cyclic N) is 1. The molecule has 1 aliphatic carbocycles. The second kappa shape index (κ2) is 4.44. The zero-order chi connectivity index (χ0) is 14.5. The zero-order valence-electron chi connectivity index (χ0n) is 11.7. The topological polar surface area (TPSA) is 66.8 Å². The molecule has 110 valence electrons. The smallest absolute Gasteiger partial charge is 0.243 e. The van der Waals surface area contributed by atoms with Gasteiger partial charge in [-0.2, -0.15) is 4.31 Å². The Labute approximate surface area is 119 Å². The molecule has 1 aromatic carbocycles. The fourth-order valence-electron chi connectivity index (χ4n) is 2.77. The van der Waals surface area contributed by atoms with Gasteiger partial charge in [0, 0.05) is 13.1 Å². The Hall–Kier alpha value is -1.11. The molecule has 1 aliphatic heterocycles. The minimum absolute atomic E-state index is 0.213. The average molecular weight is 297 g/mol. The van der Waals surface area contributed by atoms with Crippen molar-refractivity contribution in [2.24, 2.45) is 5.92 Å². The fraction of sp³-hybridized carbons (Fsp3) is 0.571. The minimum atomic E-state index is -3.51. The highest BCUT2D eigenvalue weighted by Crippen LogP contribution is 2.45. The summed E-state index contributed by atoms with van der Waals surface area (Å²) < 4.78 is 31.4. The molecule has 0 radical (unpaired) electrons. The van der Waals surface area contributed by atoms with Crippen molar-refractivity contribution < 1.29 is 18.3 Å². The van der Waals surface area contributed by atoms with Crippen LogP contribution in [0.15, 0.2) is 23.1 Å². The maximum atomic E-state index is 12.5. The minimum Gasteiger partial charge on any atom is -0.496 e. The first-order chi connectivity index (χ1) is 9.37. The van der Waals surface area contributed by atoms with Crippen LogP contribution in [0, 0.1) is 12.8 Å². The molecule has 2 aliphatic rings.